The van der Waals surface area contributed by atoms with Crippen LogP contribution in [-0.2, 0) is 4.74 Å². The molecule has 1 aromatic rings. The van der Waals surface area contributed by atoms with Gasteiger partial charge in [-0.3, -0.25) is 4.79 Å². The van der Waals surface area contributed by atoms with Gasteiger partial charge < -0.3 is 15.4 Å². The maximum absolute atomic E-state index is 11.9. The molecule has 1 atom stereocenters. The molecule has 126 valence electrons. The van der Waals surface area contributed by atoms with E-state index >= 15 is 0 Å². The SMILES string of the molecule is CC(=O)c1ccc(NC(=O)NCCC[C@@H]2CCCCO2)cc1C. The molecule has 1 aliphatic heterocycles. The van der Waals surface area contributed by atoms with Gasteiger partial charge in [0.2, 0.25) is 0 Å². The van der Waals surface area contributed by atoms with E-state index in [4.69, 9.17) is 4.74 Å². The van der Waals surface area contributed by atoms with E-state index in [2.05, 4.69) is 10.6 Å². The minimum atomic E-state index is -0.218. The van der Waals surface area contributed by atoms with E-state index in [9.17, 15) is 9.59 Å². The van der Waals surface area contributed by atoms with Crippen LogP contribution < -0.4 is 10.6 Å². The molecule has 2 rings (SSSR count). The molecular weight excluding hydrogens is 292 g/mol. The molecule has 1 aromatic carbocycles. The average Bonchev–Trinajstić information content (AvgIpc) is 2.52. The van der Waals surface area contributed by atoms with Crippen LogP contribution in [-0.4, -0.2) is 31.1 Å². The van der Waals surface area contributed by atoms with E-state index in [1.165, 1.54) is 19.8 Å². The largest absolute Gasteiger partial charge is 0.378 e. The van der Waals surface area contributed by atoms with Gasteiger partial charge in [0.25, 0.3) is 0 Å². The van der Waals surface area contributed by atoms with Crippen LogP contribution >= 0.6 is 0 Å². The van der Waals surface area contributed by atoms with Gasteiger partial charge in [-0.2, -0.15) is 0 Å². The van der Waals surface area contributed by atoms with Gasteiger partial charge in [0, 0.05) is 24.4 Å². The number of nitrogens with one attached hydrogen (secondary N) is 2. The Balaban J connectivity index is 1.70. The fourth-order valence-electron chi connectivity index (χ4n) is 2.88. The monoisotopic (exact) mass is 318 g/mol. The fourth-order valence-corrected chi connectivity index (χ4v) is 2.88. The molecule has 0 radical (unpaired) electrons. The first-order valence-corrected chi connectivity index (χ1v) is 8.34. The number of carbonyl (C=O) groups is 2. The third-order valence-electron chi connectivity index (χ3n) is 4.13. The smallest absolute Gasteiger partial charge is 0.319 e. The quantitative estimate of drug-likeness (QED) is 0.621. The number of ketones is 1. The Morgan fingerprint density at radius 3 is 2.78 bits per heavy atom. The molecule has 1 aliphatic rings. The van der Waals surface area contributed by atoms with Crippen molar-refractivity contribution in [3.8, 4) is 0 Å². The molecule has 0 spiro atoms. The van der Waals surface area contributed by atoms with E-state index < -0.39 is 0 Å². The second kappa shape index (κ2) is 8.67. The van der Waals surface area contributed by atoms with Crippen molar-refractivity contribution in [2.45, 2.75) is 52.1 Å². The predicted octanol–water partition coefficient (Wildman–Crippen LogP) is 3.67. The highest BCUT2D eigenvalue weighted by atomic mass is 16.5. The van der Waals surface area contributed by atoms with Crippen molar-refractivity contribution in [1.29, 1.82) is 0 Å². The lowest BCUT2D eigenvalue weighted by Gasteiger charge is -2.22. The molecular formula is C18H26N2O3. The molecule has 5 heteroatoms. The summed E-state index contributed by atoms with van der Waals surface area (Å²) in [5.41, 5.74) is 2.24. The summed E-state index contributed by atoms with van der Waals surface area (Å²) < 4.78 is 5.67. The lowest BCUT2D eigenvalue weighted by Crippen LogP contribution is -2.30. The van der Waals surface area contributed by atoms with Gasteiger partial charge >= 0.3 is 6.03 Å². The predicted molar refractivity (Wildman–Crippen MR) is 91.0 cm³/mol. The third-order valence-corrected chi connectivity index (χ3v) is 4.13. The van der Waals surface area contributed by atoms with Crippen LogP contribution in [0.3, 0.4) is 0 Å². The van der Waals surface area contributed by atoms with Crippen LogP contribution in [0.15, 0.2) is 18.2 Å². The van der Waals surface area contributed by atoms with Gasteiger partial charge in [-0.1, -0.05) is 0 Å². The summed E-state index contributed by atoms with van der Waals surface area (Å²) >= 11 is 0. The summed E-state index contributed by atoms with van der Waals surface area (Å²) in [5.74, 6) is 0.0310. The van der Waals surface area contributed by atoms with E-state index in [-0.39, 0.29) is 11.8 Å². The summed E-state index contributed by atoms with van der Waals surface area (Å²) in [7, 11) is 0. The van der Waals surface area contributed by atoms with Crippen molar-refractivity contribution in [1.82, 2.24) is 5.32 Å². The molecule has 0 aromatic heterocycles. The Morgan fingerprint density at radius 1 is 1.30 bits per heavy atom. The zero-order chi connectivity index (χ0) is 16.7. The molecule has 1 heterocycles. The molecule has 5 nitrogen and oxygen atoms in total. The van der Waals surface area contributed by atoms with Crippen LogP contribution in [0, 0.1) is 6.92 Å². The number of urea groups is 1. The molecule has 0 aliphatic carbocycles. The number of rotatable bonds is 6. The van der Waals surface area contributed by atoms with Gasteiger partial charge in [-0.15, -0.1) is 0 Å². The normalized spacial score (nSPS) is 17.6. The number of Topliss-reactive ketones (excluding diaryl/α,β-unsaturated/α-hetero) is 1. The number of aryl methyl sites for hydroxylation is 1. The molecule has 1 saturated heterocycles. The first-order valence-electron chi connectivity index (χ1n) is 8.34. The number of anilines is 1. The molecule has 2 amide bonds. The Morgan fingerprint density at radius 2 is 2.13 bits per heavy atom. The van der Waals surface area contributed by atoms with Crippen molar-refractivity contribution < 1.29 is 14.3 Å². The highest BCUT2D eigenvalue weighted by molar-refractivity contribution is 5.96. The lowest BCUT2D eigenvalue weighted by molar-refractivity contribution is 0.0103. The van der Waals surface area contributed by atoms with Gasteiger partial charge in [0.05, 0.1) is 6.10 Å². The number of hydrogen-bond acceptors (Lipinski definition) is 3. The zero-order valence-electron chi connectivity index (χ0n) is 14.0. The van der Waals surface area contributed by atoms with Crippen molar-refractivity contribution in [3.05, 3.63) is 29.3 Å². The third kappa shape index (κ3) is 5.67. The van der Waals surface area contributed by atoms with E-state index in [0.29, 0.717) is 23.9 Å². The average molecular weight is 318 g/mol. The summed E-state index contributed by atoms with van der Waals surface area (Å²) in [6, 6.07) is 5.09. The molecule has 1 fully saturated rings. The first kappa shape index (κ1) is 17.5. The van der Waals surface area contributed by atoms with Crippen LogP contribution in [0.1, 0.15) is 54.9 Å². The van der Waals surface area contributed by atoms with Gasteiger partial charge in [0.15, 0.2) is 5.78 Å². The summed E-state index contributed by atoms with van der Waals surface area (Å²) in [6.07, 6.45) is 5.81. The number of carbonyl (C=O) groups excluding carboxylic acids is 2. The standard InChI is InChI=1S/C18H26N2O3/c1-13-12-15(8-9-17(13)14(2)21)20-18(22)19-10-5-7-16-6-3-4-11-23-16/h8-9,12,16H,3-7,10-11H2,1-2H3,(H2,19,20,22)/t16-/m0/s1. The Hall–Kier alpha value is -1.88. The Labute approximate surface area is 137 Å². The molecule has 0 unspecified atom stereocenters. The molecule has 23 heavy (non-hydrogen) atoms. The van der Waals surface area contributed by atoms with Crippen LogP contribution in [0.25, 0.3) is 0 Å². The van der Waals surface area contributed by atoms with Crippen LogP contribution in [0.4, 0.5) is 10.5 Å². The van der Waals surface area contributed by atoms with E-state index in [0.717, 1.165) is 31.4 Å². The minimum absolute atomic E-state index is 0.0310. The molecule has 2 N–H and O–H groups in total. The summed E-state index contributed by atoms with van der Waals surface area (Å²) in [6.45, 7) is 4.91. The first-order chi connectivity index (χ1) is 11.1. The number of hydrogen-bond donors (Lipinski definition) is 2. The summed E-state index contributed by atoms with van der Waals surface area (Å²) in [4.78, 5) is 23.3. The number of ether oxygens (including phenoxy) is 1. The van der Waals surface area contributed by atoms with Gasteiger partial charge in [-0.25, -0.2) is 4.79 Å². The topological polar surface area (TPSA) is 67.4 Å². The number of amides is 2. The maximum Gasteiger partial charge on any atom is 0.319 e. The lowest BCUT2D eigenvalue weighted by atomic mass is 10.0. The molecule has 0 bridgehead atoms. The minimum Gasteiger partial charge on any atom is -0.378 e. The maximum atomic E-state index is 11.9. The Bertz CT molecular complexity index is 551. The Kier molecular flexibility index (Phi) is 6.59. The molecule has 0 saturated carbocycles. The van der Waals surface area contributed by atoms with Crippen molar-refractivity contribution in [2.24, 2.45) is 0 Å². The fraction of sp³-hybridized carbons (Fsp3) is 0.556. The van der Waals surface area contributed by atoms with Crippen molar-refractivity contribution in [2.75, 3.05) is 18.5 Å². The van der Waals surface area contributed by atoms with Crippen LogP contribution in [0.2, 0.25) is 0 Å². The van der Waals surface area contributed by atoms with Crippen molar-refractivity contribution in [3.63, 3.8) is 0 Å². The second-order valence-corrected chi connectivity index (χ2v) is 6.10. The highest BCUT2D eigenvalue weighted by Gasteiger charge is 2.13. The second-order valence-electron chi connectivity index (χ2n) is 6.10. The van der Waals surface area contributed by atoms with E-state index in [1.54, 1.807) is 12.1 Å². The summed E-state index contributed by atoms with van der Waals surface area (Å²) in [5, 5.41) is 5.65. The zero-order valence-corrected chi connectivity index (χ0v) is 14.0. The van der Waals surface area contributed by atoms with Gasteiger partial charge in [0.1, 0.15) is 0 Å². The number of benzene rings is 1. The highest BCUT2D eigenvalue weighted by Crippen LogP contribution is 2.17. The van der Waals surface area contributed by atoms with Crippen LogP contribution in [0.5, 0.6) is 0 Å². The van der Waals surface area contributed by atoms with Crippen molar-refractivity contribution >= 4 is 17.5 Å². The van der Waals surface area contributed by atoms with E-state index in [1.807, 2.05) is 13.0 Å². The van der Waals surface area contributed by atoms with Gasteiger partial charge in [-0.05, 0) is 69.7 Å².